The van der Waals surface area contributed by atoms with E-state index in [0.29, 0.717) is 14.5 Å². The van der Waals surface area contributed by atoms with Crippen molar-refractivity contribution in [2.24, 2.45) is 0 Å². The van der Waals surface area contributed by atoms with E-state index in [0.717, 1.165) is 5.56 Å². The molecule has 0 bridgehead atoms. The van der Waals surface area contributed by atoms with Crippen LogP contribution in [0.1, 0.15) is 17.3 Å². The average molecular weight is 223 g/mol. The fourth-order valence-electron chi connectivity index (χ4n) is 1.17. The third-order valence-corrected chi connectivity index (χ3v) is 3.71. The molecule has 0 atom stereocenters. The van der Waals surface area contributed by atoms with E-state index in [4.69, 9.17) is 0 Å². The number of ketones is 1. The third-order valence-electron chi connectivity index (χ3n) is 1.86. The standard InChI is InChI=1S/C10H8OSe/c1-7(11)9-3-2-8-4-5-12-10(8)6-9/h2-6H,1H3. The van der Waals surface area contributed by atoms with Crippen LogP contribution in [0.5, 0.6) is 0 Å². The van der Waals surface area contributed by atoms with E-state index in [1.165, 1.54) is 9.65 Å². The van der Waals surface area contributed by atoms with Crippen molar-refractivity contribution < 1.29 is 4.79 Å². The van der Waals surface area contributed by atoms with Crippen LogP contribution in [0.2, 0.25) is 0 Å². The average Bonchev–Trinajstić information content (AvgIpc) is 2.49. The molecular weight excluding hydrogens is 215 g/mol. The van der Waals surface area contributed by atoms with Crippen molar-refractivity contribution >= 4 is 29.9 Å². The van der Waals surface area contributed by atoms with Gasteiger partial charge in [-0.15, -0.1) is 0 Å². The Balaban J connectivity index is 2.68. The maximum absolute atomic E-state index is 11.0. The van der Waals surface area contributed by atoms with Gasteiger partial charge in [-0.1, -0.05) is 0 Å². The Morgan fingerprint density at radius 1 is 1.33 bits per heavy atom. The predicted octanol–water partition coefficient (Wildman–Crippen LogP) is 2.10. The quantitative estimate of drug-likeness (QED) is 0.534. The van der Waals surface area contributed by atoms with Gasteiger partial charge in [-0.25, -0.2) is 0 Å². The molecule has 1 aromatic heterocycles. The van der Waals surface area contributed by atoms with Gasteiger partial charge in [-0.2, -0.15) is 0 Å². The maximum atomic E-state index is 11.0. The van der Waals surface area contributed by atoms with Gasteiger partial charge < -0.3 is 0 Å². The van der Waals surface area contributed by atoms with Gasteiger partial charge in [0.2, 0.25) is 0 Å². The first-order chi connectivity index (χ1) is 5.77. The second-order valence-electron chi connectivity index (χ2n) is 2.73. The monoisotopic (exact) mass is 224 g/mol. The summed E-state index contributed by atoms with van der Waals surface area (Å²) in [6.07, 6.45) is 0. The van der Waals surface area contributed by atoms with Crippen LogP contribution in [0, 0.1) is 0 Å². The molecule has 1 nitrogen and oxygen atoms in total. The number of carbonyl (C=O) groups excluding carboxylic acids is 1. The topological polar surface area (TPSA) is 17.1 Å². The first kappa shape index (κ1) is 7.78. The van der Waals surface area contributed by atoms with Crippen molar-refractivity contribution in [2.45, 2.75) is 6.92 Å². The van der Waals surface area contributed by atoms with E-state index in [9.17, 15) is 4.79 Å². The molecule has 0 radical (unpaired) electrons. The Kier molecular flexibility index (Phi) is 1.87. The molecule has 0 aliphatic carbocycles. The van der Waals surface area contributed by atoms with Crippen LogP contribution in [0.25, 0.3) is 9.65 Å². The van der Waals surface area contributed by atoms with Gasteiger partial charge in [0.1, 0.15) is 0 Å². The van der Waals surface area contributed by atoms with E-state index in [2.05, 4.69) is 11.0 Å². The van der Waals surface area contributed by atoms with E-state index >= 15 is 0 Å². The fourth-order valence-corrected chi connectivity index (χ4v) is 2.91. The summed E-state index contributed by atoms with van der Waals surface area (Å²) in [5.74, 6) is 0.153. The van der Waals surface area contributed by atoms with Crippen molar-refractivity contribution in [3.8, 4) is 0 Å². The molecule has 2 heteroatoms. The van der Waals surface area contributed by atoms with Crippen molar-refractivity contribution in [1.29, 1.82) is 0 Å². The van der Waals surface area contributed by atoms with Crippen molar-refractivity contribution in [3.05, 3.63) is 34.8 Å². The molecule has 0 fully saturated rings. The fraction of sp³-hybridized carbons (Fsp3) is 0.100. The number of rotatable bonds is 1. The van der Waals surface area contributed by atoms with Gasteiger partial charge in [0.15, 0.2) is 0 Å². The summed E-state index contributed by atoms with van der Waals surface area (Å²) in [7, 11) is 0. The molecule has 0 unspecified atom stereocenters. The molecule has 0 saturated carbocycles. The summed E-state index contributed by atoms with van der Waals surface area (Å²) in [6.45, 7) is 1.61. The van der Waals surface area contributed by atoms with Crippen LogP contribution in [-0.2, 0) is 0 Å². The summed E-state index contributed by atoms with van der Waals surface area (Å²) >= 11 is 0.445. The van der Waals surface area contributed by atoms with Crippen LogP contribution in [-0.4, -0.2) is 20.3 Å². The second-order valence-corrected chi connectivity index (χ2v) is 4.72. The van der Waals surface area contributed by atoms with Gasteiger partial charge in [0.25, 0.3) is 0 Å². The summed E-state index contributed by atoms with van der Waals surface area (Å²) in [6, 6.07) is 8.06. The van der Waals surface area contributed by atoms with Gasteiger partial charge in [0, 0.05) is 0 Å². The molecule has 0 saturated heterocycles. The molecule has 0 aliphatic heterocycles. The number of Topliss-reactive ketones (excluding diaryl/α,β-unsaturated/α-hetero) is 1. The number of carbonyl (C=O) groups is 1. The Morgan fingerprint density at radius 3 is 2.92 bits per heavy atom. The van der Waals surface area contributed by atoms with Crippen LogP contribution < -0.4 is 0 Å². The Bertz CT molecular complexity index is 428. The Labute approximate surface area is 76.8 Å². The molecule has 0 spiro atoms. The van der Waals surface area contributed by atoms with Crippen molar-refractivity contribution in [2.75, 3.05) is 0 Å². The minimum atomic E-state index is 0.153. The second kappa shape index (κ2) is 2.89. The number of hydrogen-bond acceptors (Lipinski definition) is 1. The van der Waals surface area contributed by atoms with E-state index in [1.54, 1.807) is 6.92 Å². The summed E-state index contributed by atoms with van der Waals surface area (Å²) in [5.41, 5.74) is 0.833. The molecule has 0 N–H and O–H groups in total. The normalized spacial score (nSPS) is 10.4. The van der Waals surface area contributed by atoms with Gasteiger partial charge in [-0.3, -0.25) is 0 Å². The number of fused-ring (bicyclic) bond motifs is 1. The number of hydrogen-bond donors (Lipinski definition) is 0. The van der Waals surface area contributed by atoms with Crippen LogP contribution in [0.15, 0.2) is 29.2 Å². The van der Waals surface area contributed by atoms with Crippen LogP contribution >= 0.6 is 0 Å². The molecule has 2 rings (SSSR count). The molecule has 1 heterocycles. The Hall–Kier alpha value is -0.851. The molecule has 12 heavy (non-hydrogen) atoms. The Morgan fingerprint density at radius 2 is 2.17 bits per heavy atom. The van der Waals surface area contributed by atoms with Crippen LogP contribution in [0.4, 0.5) is 0 Å². The van der Waals surface area contributed by atoms with E-state index in [1.807, 2.05) is 18.2 Å². The predicted molar refractivity (Wildman–Crippen MR) is 50.9 cm³/mol. The zero-order chi connectivity index (χ0) is 8.55. The first-order valence-corrected chi connectivity index (χ1v) is 5.60. The summed E-state index contributed by atoms with van der Waals surface area (Å²) < 4.78 is 1.33. The SMILES string of the molecule is CC(=O)c1ccc2cc[se]c2c1. The zero-order valence-electron chi connectivity index (χ0n) is 6.70. The molecule has 1 aromatic carbocycles. The summed E-state index contributed by atoms with van der Waals surface area (Å²) in [4.78, 5) is 13.2. The molecule has 0 amide bonds. The zero-order valence-corrected chi connectivity index (χ0v) is 8.42. The van der Waals surface area contributed by atoms with Gasteiger partial charge >= 0.3 is 76.4 Å². The van der Waals surface area contributed by atoms with Gasteiger partial charge in [-0.05, 0) is 0 Å². The summed E-state index contributed by atoms with van der Waals surface area (Å²) in [5, 5.41) is 1.28. The van der Waals surface area contributed by atoms with Gasteiger partial charge in [0.05, 0.1) is 0 Å². The molecular formula is C10H8OSe. The van der Waals surface area contributed by atoms with E-state index in [-0.39, 0.29) is 5.78 Å². The van der Waals surface area contributed by atoms with Crippen LogP contribution in [0.3, 0.4) is 0 Å². The van der Waals surface area contributed by atoms with Crippen molar-refractivity contribution in [1.82, 2.24) is 0 Å². The number of benzene rings is 1. The molecule has 0 aliphatic rings. The molecule has 60 valence electrons. The van der Waals surface area contributed by atoms with Crippen molar-refractivity contribution in [3.63, 3.8) is 0 Å². The van der Waals surface area contributed by atoms with E-state index < -0.39 is 0 Å². The molecule has 2 aromatic rings. The minimum absolute atomic E-state index is 0.153. The first-order valence-electron chi connectivity index (χ1n) is 3.75. The third kappa shape index (κ3) is 1.24.